The van der Waals surface area contributed by atoms with E-state index in [1.165, 1.54) is 26.0 Å². The molecule has 1 unspecified atom stereocenters. The van der Waals surface area contributed by atoms with Crippen LogP contribution in [0.2, 0.25) is 0 Å². The van der Waals surface area contributed by atoms with Gasteiger partial charge in [0.05, 0.1) is 10.1 Å². The van der Waals surface area contributed by atoms with Crippen LogP contribution >= 0.6 is 0 Å². The van der Waals surface area contributed by atoms with Gasteiger partial charge in [-0.1, -0.05) is 0 Å². The van der Waals surface area contributed by atoms with E-state index in [0.717, 1.165) is 12.1 Å². The van der Waals surface area contributed by atoms with Crippen molar-refractivity contribution in [2.75, 3.05) is 0 Å². The van der Waals surface area contributed by atoms with Crippen LogP contribution in [-0.2, 0) is 14.6 Å². The zero-order chi connectivity index (χ0) is 12.3. The quantitative estimate of drug-likeness (QED) is 0.761. The highest BCUT2D eigenvalue weighted by atomic mass is 32.2. The molecule has 0 spiro atoms. The van der Waals surface area contributed by atoms with Crippen molar-refractivity contribution < 1.29 is 17.6 Å². The molecule has 16 heavy (non-hydrogen) atoms. The fraction of sp³-hybridized carbons (Fsp3) is 0.364. The number of benzene rings is 1. The summed E-state index contributed by atoms with van der Waals surface area (Å²) in [6, 6.07) is 4.60. The normalized spacial score (nSPS) is 13.4. The highest BCUT2D eigenvalue weighted by Gasteiger charge is 2.24. The molecule has 1 atom stereocenters. The second kappa shape index (κ2) is 4.74. The third kappa shape index (κ3) is 2.88. The molecule has 1 aromatic carbocycles. The molecular weight excluding hydrogens is 231 g/mol. The molecule has 0 fully saturated rings. The molecule has 0 aliphatic carbocycles. The van der Waals surface area contributed by atoms with Gasteiger partial charge in [0.1, 0.15) is 11.6 Å². The van der Waals surface area contributed by atoms with E-state index in [1.54, 1.807) is 0 Å². The van der Waals surface area contributed by atoms with Crippen LogP contribution in [0.1, 0.15) is 20.3 Å². The number of rotatable bonds is 4. The lowest BCUT2D eigenvalue weighted by Gasteiger charge is -2.11. The maximum absolute atomic E-state index is 12.6. The molecule has 0 saturated heterocycles. The molecule has 0 radical (unpaired) electrons. The fourth-order valence-corrected chi connectivity index (χ4v) is 2.81. The van der Waals surface area contributed by atoms with Crippen molar-refractivity contribution in [1.29, 1.82) is 0 Å². The summed E-state index contributed by atoms with van der Waals surface area (Å²) in [6.45, 7) is 2.82. The van der Waals surface area contributed by atoms with E-state index in [0.29, 0.717) is 0 Å². The molecule has 0 N–H and O–H groups in total. The summed E-state index contributed by atoms with van der Waals surface area (Å²) >= 11 is 0. The number of carbonyl (C=O) groups is 1. The predicted molar refractivity (Wildman–Crippen MR) is 58.3 cm³/mol. The van der Waals surface area contributed by atoms with Gasteiger partial charge in [-0.25, -0.2) is 12.8 Å². The highest BCUT2D eigenvalue weighted by molar-refractivity contribution is 7.92. The minimum Gasteiger partial charge on any atom is -0.300 e. The van der Waals surface area contributed by atoms with Gasteiger partial charge in [0.25, 0.3) is 0 Å². The second-order valence-corrected chi connectivity index (χ2v) is 6.08. The second-order valence-electron chi connectivity index (χ2n) is 3.72. The summed E-state index contributed by atoms with van der Waals surface area (Å²) < 4.78 is 36.4. The lowest BCUT2D eigenvalue weighted by atomic mass is 10.2. The number of carbonyl (C=O) groups excluding carboxylic acids is 1. The molecule has 88 valence electrons. The van der Waals surface area contributed by atoms with E-state index in [-0.39, 0.29) is 17.1 Å². The average Bonchev–Trinajstić information content (AvgIpc) is 2.17. The van der Waals surface area contributed by atoms with Crippen molar-refractivity contribution in [3.63, 3.8) is 0 Å². The molecule has 3 nitrogen and oxygen atoms in total. The van der Waals surface area contributed by atoms with E-state index >= 15 is 0 Å². The van der Waals surface area contributed by atoms with Crippen LogP contribution in [-0.4, -0.2) is 19.5 Å². The monoisotopic (exact) mass is 244 g/mol. The molecule has 0 heterocycles. The van der Waals surface area contributed by atoms with Gasteiger partial charge in [-0.3, -0.25) is 4.79 Å². The van der Waals surface area contributed by atoms with Crippen LogP contribution in [0.3, 0.4) is 0 Å². The van der Waals surface area contributed by atoms with Crippen LogP contribution < -0.4 is 0 Å². The minimum absolute atomic E-state index is 0.0281. The molecule has 0 amide bonds. The molecule has 1 rings (SSSR count). The van der Waals surface area contributed by atoms with E-state index in [9.17, 15) is 17.6 Å². The SMILES string of the molecule is CC(=O)CC(C)S(=O)(=O)c1ccc(F)cc1. The van der Waals surface area contributed by atoms with Gasteiger partial charge < -0.3 is 0 Å². The molecular formula is C11H13FO3S. The topological polar surface area (TPSA) is 51.2 Å². The first kappa shape index (κ1) is 12.8. The zero-order valence-electron chi connectivity index (χ0n) is 9.10. The van der Waals surface area contributed by atoms with Crippen molar-refractivity contribution in [2.45, 2.75) is 30.4 Å². The van der Waals surface area contributed by atoms with Crippen LogP contribution in [0.25, 0.3) is 0 Å². The number of Topliss-reactive ketones (excluding diaryl/α,β-unsaturated/α-hetero) is 1. The molecule has 0 aromatic heterocycles. The van der Waals surface area contributed by atoms with Gasteiger partial charge in [-0.15, -0.1) is 0 Å². The molecule has 0 aliphatic heterocycles. The molecule has 0 saturated carbocycles. The lowest BCUT2D eigenvalue weighted by molar-refractivity contribution is -0.116. The maximum atomic E-state index is 12.6. The Morgan fingerprint density at radius 1 is 1.31 bits per heavy atom. The van der Waals surface area contributed by atoms with Gasteiger partial charge >= 0.3 is 0 Å². The molecule has 1 aromatic rings. The van der Waals surface area contributed by atoms with Crippen LogP contribution in [0.4, 0.5) is 4.39 Å². The van der Waals surface area contributed by atoms with Crippen molar-refractivity contribution >= 4 is 15.6 Å². The summed E-state index contributed by atoms with van der Waals surface area (Å²) in [4.78, 5) is 10.9. The third-order valence-electron chi connectivity index (χ3n) is 2.25. The molecule has 0 aliphatic rings. The molecule has 5 heteroatoms. The summed E-state index contributed by atoms with van der Waals surface area (Å²) in [6.07, 6.45) is -0.0281. The van der Waals surface area contributed by atoms with E-state index in [1.807, 2.05) is 0 Å². The Morgan fingerprint density at radius 3 is 2.25 bits per heavy atom. The Hall–Kier alpha value is -1.23. The van der Waals surface area contributed by atoms with Crippen molar-refractivity contribution in [3.05, 3.63) is 30.1 Å². The Labute approximate surface area is 94.2 Å². The minimum atomic E-state index is -3.54. The Balaban J connectivity index is 3.02. The van der Waals surface area contributed by atoms with Gasteiger partial charge in [0, 0.05) is 6.42 Å². The summed E-state index contributed by atoms with van der Waals surface area (Å²) in [7, 11) is -3.54. The summed E-state index contributed by atoms with van der Waals surface area (Å²) in [5.74, 6) is -0.670. The van der Waals surface area contributed by atoms with Gasteiger partial charge in [-0.2, -0.15) is 0 Å². The third-order valence-corrected chi connectivity index (χ3v) is 4.40. The summed E-state index contributed by atoms with van der Waals surface area (Å²) in [5, 5.41) is -0.782. The first-order chi connectivity index (χ1) is 7.34. The smallest absolute Gasteiger partial charge is 0.181 e. The van der Waals surface area contributed by atoms with E-state index in [2.05, 4.69) is 0 Å². The van der Waals surface area contributed by atoms with Crippen LogP contribution in [0, 0.1) is 5.82 Å². The van der Waals surface area contributed by atoms with E-state index in [4.69, 9.17) is 0 Å². The predicted octanol–water partition coefficient (Wildman–Crippen LogP) is 1.97. The fourth-order valence-electron chi connectivity index (χ4n) is 1.37. The Bertz CT molecular complexity index is 476. The van der Waals surface area contributed by atoms with Crippen molar-refractivity contribution in [3.8, 4) is 0 Å². The Kier molecular flexibility index (Phi) is 3.80. The highest BCUT2D eigenvalue weighted by Crippen LogP contribution is 2.18. The van der Waals surface area contributed by atoms with Gasteiger partial charge in [-0.05, 0) is 38.1 Å². The largest absolute Gasteiger partial charge is 0.300 e. The van der Waals surface area contributed by atoms with Gasteiger partial charge in [0.15, 0.2) is 9.84 Å². The summed E-state index contributed by atoms with van der Waals surface area (Å²) in [5.41, 5.74) is 0. The number of sulfone groups is 1. The first-order valence-corrected chi connectivity index (χ1v) is 6.37. The lowest BCUT2D eigenvalue weighted by Crippen LogP contribution is -2.20. The number of ketones is 1. The number of halogens is 1. The first-order valence-electron chi connectivity index (χ1n) is 4.83. The number of hydrogen-bond acceptors (Lipinski definition) is 3. The van der Waals surface area contributed by atoms with Gasteiger partial charge in [0.2, 0.25) is 0 Å². The molecule has 0 bridgehead atoms. The van der Waals surface area contributed by atoms with Crippen LogP contribution in [0.5, 0.6) is 0 Å². The van der Waals surface area contributed by atoms with Crippen LogP contribution in [0.15, 0.2) is 29.2 Å². The number of hydrogen-bond donors (Lipinski definition) is 0. The maximum Gasteiger partial charge on any atom is 0.181 e. The zero-order valence-corrected chi connectivity index (χ0v) is 9.92. The van der Waals surface area contributed by atoms with Crippen molar-refractivity contribution in [2.24, 2.45) is 0 Å². The standard InChI is InChI=1S/C11H13FO3S/c1-8(13)7-9(2)16(14,15)11-5-3-10(12)4-6-11/h3-6,9H,7H2,1-2H3. The van der Waals surface area contributed by atoms with Crippen molar-refractivity contribution in [1.82, 2.24) is 0 Å². The Morgan fingerprint density at radius 2 is 1.81 bits per heavy atom. The van der Waals surface area contributed by atoms with E-state index < -0.39 is 20.9 Å². The average molecular weight is 244 g/mol.